The molecule has 7 heteroatoms. The molecule has 2 N–H and O–H groups in total. The van der Waals surface area contributed by atoms with Gasteiger partial charge in [0.1, 0.15) is 0 Å². The van der Waals surface area contributed by atoms with Crippen molar-refractivity contribution >= 4 is 5.65 Å². The van der Waals surface area contributed by atoms with Crippen molar-refractivity contribution in [2.75, 3.05) is 0 Å². The van der Waals surface area contributed by atoms with E-state index in [1.54, 1.807) is 16.9 Å². The van der Waals surface area contributed by atoms with Crippen LogP contribution in [-0.4, -0.2) is 24.6 Å². The minimum Gasteiger partial charge on any atom is -0.313 e. The van der Waals surface area contributed by atoms with Gasteiger partial charge in [0.15, 0.2) is 5.65 Å². The molecule has 0 aliphatic heterocycles. The first-order valence-corrected chi connectivity index (χ1v) is 7.89. The number of nitrogens with one attached hydrogen (secondary N) is 2. The van der Waals surface area contributed by atoms with Gasteiger partial charge in [-0.25, -0.2) is 14.3 Å². The summed E-state index contributed by atoms with van der Waals surface area (Å²) in [6.07, 6.45) is 11.6. The molecule has 0 spiro atoms. The maximum atomic E-state index is 11.9. The van der Waals surface area contributed by atoms with Crippen LogP contribution in [0.3, 0.4) is 0 Å². The van der Waals surface area contributed by atoms with Crippen molar-refractivity contribution in [2.24, 2.45) is 0 Å². The lowest BCUT2D eigenvalue weighted by molar-refractivity contribution is 0.913. The largest absolute Gasteiger partial charge is 0.325 e. The lowest BCUT2D eigenvalue weighted by Crippen LogP contribution is -2.23. The Labute approximate surface area is 131 Å². The zero-order valence-corrected chi connectivity index (χ0v) is 12.6. The van der Waals surface area contributed by atoms with Crippen LogP contribution in [0.5, 0.6) is 0 Å². The summed E-state index contributed by atoms with van der Waals surface area (Å²) in [6, 6.07) is 1.89. The second-order valence-corrected chi connectivity index (χ2v) is 6.00. The Hall–Kier alpha value is -2.70. The van der Waals surface area contributed by atoms with Crippen LogP contribution in [0.25, 0.3) is 16.9 Å². The van der Waals surface area contributed by atoms with E-state index in [1.807, 2.05) is 6.07 Å². The minimum atomic E-state index is -0.523. The molecule has 3 heterocycles. The van der Waals surface area contributed by atoms with Crippen molar-refractivity contribution in [3.05, 3.63) is 51.1 Å². The van der Waals surface area contributed by atoms with Crippen LogP contribution in [0, 0.1) is 0 Å². The standard InChI is InChI=1S/C13H11N5O2.C3H6/c19-12-9(6-15-13(20)16-12)10-5-8(7-1-2-7)11-14-3-4-18(11)17-10;1-2-3-1/h3-7H,1-2H2,(H2,15,16,19,20);1-3H2. The third-order valence-corrected chi connectivity index (χ3v) is 3.85. The fraction of sp³-hybridized carbons (Fsp3) is 0.375. The molecule has 0 unspecified atom stereocenters. The number of rotatable bonds is 2. The first-order chi connectivity index (χ1) is 11.2. The highest BCUT2D eigenvalue weighted by Gasteiger charge is 2.27. The van der Waals surface area contributed by atoms with Crippen LogP contribution >= 0.6 is 0 Å². The molecule has 2 saturated carbocycles. The van der Waals surface area contributed by atoms with Gasteiger partial charge in [-0.05, 0) is 24.8 Å². The van der Waals surface area contributed by atoms with E-state index in [-0.39, 0.29) is 0 Å². The molecule has 5 rings (SSSR count). The van der Waals surface area contributed by atoms with Gasteiger partial charge < -0.3 is 4.98 Å². The van der Waals surface area contributed by atoms with Crippen molar-refractivity contribution in [1.82, 2.24) is 24.6 Å². The molecule has 0 bridgehead atoms. The number of nitrogens with zero attached hydrogens (tertiary/aromatic N) is 3. The van der Waals surface area contributed by atoms with E-state index in [2.05, 4.69) is 20.1 Å². The van der Waals surface area contributed by atoms with E-state index in [1.165, 1.54) is 25.5 Å². The van der Waals surface area contributed by atoms with Gasteiger partial charge in [-0.15, -0.1) is 0 Å². The number of imidazole rings is 1. The van der Waals surface area contributed by atoms with E-state index < -0.39 is 11.2 Å². The molecule has 7 nitrogen and oxygen atoms in total. The average Bonchev–Trinajstić information content (AvgIpc) is 3.43. The highest BCUT2D eigenvalue weighted by molar-refractivity contribution is 5.62. The van der Waals surface area contributed by atoms with E-state index >= 15 is 0 Å². The van der Waals surface area contributed by atoms with Crippen LogP contribution in [0.1, 0.15) is 43.6 Å². The fourth-order valence-electron chi connectivity index (χ4n) is 2.37. The third-order valence-electron chi connectivity index (χ3n) is 3.85. The Kier molecular flexibility index (Phi) is 3.33. The van der Waals surface area contributed by atoms with E-state index in [0.717, 1.165) is 24.1 Å². The molecule has 0 amide bonds. The van der Waals surface area contributed by atoms with Crippen LogP contribution in [-0.2, 0) is 0 Å². The van der Waals surface area contributed by atoms with Crippen LogP contribution in [0.4, 0.5) is 0 Å². The van der Waals surface area contributed by atoms with Crippen molar-refractivity contribution < 1.29 is 0 Å². The minimum absolute atomic E-state index is 0.349. The zero-order valence-electron chi connectivity index (χ0n) is 12.6. The van der Waals surface area contributed by atoms with Crippen molar-refractivity contribution in [2.45, 2.75) is 38.0 Å². The number of aromatic nitrogens is 5. The highest BCUT2D eigenvalue weighted by atomic mass is 16.2. The highest BCUT2D eigenvalue weighted by Crippen LogP contribution is 2.42. The molecule has 2 fully saturated rings. The molecule has 0 radical (unpaired) electrons. The third kappa shape index (κ3) is 2.94. The van der Waals surface area contributed by atoms with Gasteiger partial charge in [-0.2, -0.15) is 5.10 Å². The molecule has 23 heavy (non-hydrogen) atoms. The van der Waals surface area contributed by atoms with Crippen LogP contribution in [0.15, 0.2) is 34.2 Å². The predicted molar refractivity (Wildman–Crippen MR) is 85.5 cm³/mol. The first-order valence-electron chi connectivity index (χ1n) is 7.89. The average molecular weight is 311 g/mol. The Bertz CT molecular complexity index is 959. The van der Waals surface area contributed by atoms with Gasteiger partial charge in [0.05, 0.1) is 11.3 Å². The van der Waals surface area contributed by atoms with Gasteiger partial charge >= 0.3 is 5.69 Å². The molecule has 0 saturated heterocycles. The normalized spacial score (nSPS) is 16.0. The van der Waals surface area contributed by atoms with Crippen LogP contribution in [0.2, 0.25) is 0 Å². The van der Waals surface area contributed by atoms with E-state index in [4.69, 9.17) is 0 Å². The van der Waals surface area contributed by atoms with E-state index in [0.29, 0.717) is 17.2 Å². The zero-order chi connectivity index (χ0) is 15.8. The lowest BCUT2D eigenvalue weighted by atomic mass is 10.1. The van der Waals surface area contributed by atoms with Gasteiger partial charge in [0.2, 0.25) is 0 Å². The fourth-order valence-corrected chi connectivity index (χ4v) is 2.37. The number of aromatic amines is 2. The summed E-state index contributed by atoms with van der Waals surface area (Å²) in [6.45, 7) is 0. The Morgan fingerprint density at radius 1 is 1.17 bits per heavy atom. The maximum Gasteiger partial charge on any atom is 0.325 e. The molecule has 3 aromatic rings. The van der Waals surface area contributed by atoms with E-state index in [9.17, 15) is 9.59 Å². The monoisotopic (exact) mass is 311 g/mol. The summed E-state index contributed by atoms with van der Waals surface area (Å²) in [5.74, 6) is 0.489. The summed E-state index contributed by atoms with van der Waals surface area (Å²) in [5.41, 5.74) is 1.85. The molecule has 0 aromatic carbocycles. The van der Waals surface area contributed by atoms with Gasteiger partial charge in [-0.3, -0.25) is 9.78 Å². The SMILES string of the molecule is C1CC1.O=c1[nH]cc(-c2cc(C3CC3)c3nccn3n2)c(=O)[nH]1. The molecule has 2 aliphatic carbocycles. The van der Waals surface area contributed by atoms with Crippen molar-refractivity contribution in [1.29, 1.82) is 0 Å². The number of H-pyrrole nitrogens is 2. The Morgan fingerprint density at radius 3 is 2.61 bits per heavy atom. The van der Waals surface area contributed by atoms with Crippen molar-refractivity contribution in [3.63, 3.8) is 0 Å². The summed E-state index contributed by atoms with van der Waals surface area (Å²) in [7, 11) is 0. The molecular weight excluding hydrogens is 294 g/mol. The van der Waals surface area contributed by atoms with Gasteiger partial charge in [-0.1, -0.05) is 19.3 Å². The maximum absolute atomic E-state index is 11.9. The number of hydrogen-bond donors (Lipinski definition) is 2. The summed E-state index contributed by atoms with van der Waals surface area (Å²) in [4.78, 5) is 31.9. The number of fused-ring (bicyclic) bond motifs is 1. The first kappa shape index (κ1) is 13.9. The van der Waals surface area contributed by atoms with Crippen LogP contribution < -0.4 is 11.2 Å². The molecular formula is C16H17N5O2. The Balaban J connectivity index is 0.000000406. The smallest absolute Gasteiger partial charge is 0.313 e. The van der Waals surface area contributed by atoms with Gasteiger partial charge in [0.25, 0.3) is 5.56 Å². The van der Waals surface area contributed by atoms with Gasteiger partial charge in [0, 0.05) is 24.2 Å². The van der Waals surface area contributed by atoms with Crippen molar-refractivity contribution in [3.8, 4) is 11.3 Å². The quantitative estimate of drug-likeness (QED) is 0.754. The molecule has 3 aromatic heterocycles. The summed E-state index contributed by atoms with van der Waals surface area (Å²) < 4.78 is 1.67. The summed E-state index contributed by atoms with van der Waals surface area (Å²) >= 11 is 0. The second kappa shape index (κ2) is 5.49. The lowest BCUT2D eigenvalue weighted by Gasteiger charge is -2.05. The molecule has 0 atom stereocenters. The molecule has 2 aliphatic rings. The Morgan fingerprint density at radius 2 is 1.96 bits per heavy atom. The molecule has 118 valence electrons. The second-order valence-electron chi connectivity index (χ2n) is 6.00. The predicted octanol–water partition coefficient (Wildman–Crippen LogP) is 1.82. The summed E-state index contributed by atoms with van der Waals surface area (Å²) in [5, 5.41) is 4.38. The topological polar surface area (TPSA) is 95.9 Å². The number of hydrogen-bond acceptors (Lipinski definition) is 4.